The molecule has 0 aromatic heterocycles. The molecule has 82 valence electrons. The predicted octanol–water partition coefficient (Wildman–Crippen LogP) is -0.745. The summed E-state index contributed by atoms with van der Waals surface area (Å²) in [5.41, 5.74) is 5.55. The van der Waals surface area contributed by atoms with Gasteiger partial charge in [-0.25, -0.2) is 0 Å². The minimum absolute atomic E-state index is 0.0308. The van der Waals surface area contributed by atoms with Crippen LogP contribution in [0.3, 0.4) is 0 Å². The molecule has 0 aromatic rings. The molecule has 3 N–H and O–H groups in total. The molecule has 0 aliphatic carbocycles. The first kappa shape index (κ1) is 11.4. The van der Waals surface area contributed by atoms with Gasteiger partial charge < -0.3 is 20.5 Å². The van der Waals surface area contributed by atoms with Crippen molar-refractivity contribution in [1.29, 1.82) is 0 Å². The van der Waals surface area contributed by atoms with Gasteiger partial charge in [0.1, 0.15) is 0 Å². The minimum Gasteiger partial charge on any atom is -0.376 e. The van der Waals surface area contributed by atoms with Crippen molar-refractivity contribution in [2.45, 2.75) is 25.5 Å². The van der Waals surface area contributed by atoms with Gasteiger partial charge in [0.25, 0.3) is 0 Å². The van der Waals surface area contributed by atoms with E-state index in [4.69, 9.17) is 15.2 Å². The standard InChI is InChI=1S/C9H18N2O3/c1-2-8(10)9(12)11-5-7-6-13-3-4-14-7/h7-8H,2-6,10H2,1H3,(H,11,12). The van der Waals surface area contributed by atoms with E-state index in [-0.39, 0.29) is 12.0 Å². The second-order valence-electron chi connectivity index (χ2n) is 3.33. The molecule has 1 saturated heterocycles. The van der Waals surface area contributed by atoms with Crippen molar-refractivity contribution in [1.82, 2.24) is 5.32 Å². The first-order valence-corrected chi connectivity index (χ1v) is 4.96. The summed E-state index contributed by atoms with van der Waals surface area (Å²) in [6, 6.07) is -0.417. The van der Waals surface area contributed by atoms with Crippen LogP contribution in [0.5, 0.6) is 0 Å². The maximum absolute atomic E-state index is 11.3. The Hall–Kier alpha value is -0.650. The summed E-state index contributed by atoms with van der Waals surface area (Å²) in [6.45, 7) is 4.14. The number of amides is 1. The van der Waals surface area contributed by atoms with Gasteiger partial charge >= 0.3 is 0 Å². The fourth-order valence-electron chi connectivity index (χ4n) is 1.19. The number of nitrogens with one attached hydrogen (secondary N) is 1. The molecule has 1 rings (SSSR count). The van der Waals surface area contributed by atoms with Crippen molar-refractivity contribution >= 4 is 5.91 Å². The van der Waals surface area contributed by atoms with Crippen LogP contribution in [-0.4, -0.2) is 44.4 Å². The van der Waals surface area contributed by atoms with E-state index in [0.29, 0.717) is 32.8 Å². The van der Waals surface area contributed by atoms with Crippen molar-refractivity contribution < 1.29 is 14.3 Å². The highest BCUT2D eigenvalue weighted by molar-refractivity contribution is 5.81. The summed E-state index contributed by atoms with van der Waals surface area (Å²) < 4.78 is 10.6. The van der Waals surface area contributed by atoms with Gasteiger partial charge in [0, 0.05) is 6.54 Å². The third-order valence-corrected chi connectivity index (χ3v) is 2.17. The summed E-state index contributed by atoms with van der Waals surface area (Å²) in [5.74, 6) is -0.123. The van der Waals surface area contributed by atoms with E-state index in [2.05, 4.69) is 5.32 Å². The zero-order valence-electron chi connectivity index (χ0n) is 8.49. The largest absolute Gasteiger partial charge is 0.376 e. The van der Waals surface area contributed by atoms with Crippen LogP contribution in [0.25, 0.3) is 0 Å². The first-order valence-electron chi connectivity index (χ1n) is 4.96. The van der Waals surface area contributed by atoms with Crippen molar-refractivity contribution in [3.05, 3.63) is 0 Å². The van der Waals surface area contributed by atoms with Gasteiger partial charge in [0.15, 0.2) is 0 Å². The summed E-state index contributed by atoms with van der Waals surface area (Å²) >= 11 is 0. The Balaban J connectivity index is 2.15. The van der Waals surface area contributed by atoms with Crippen LogP contribution in [0.15, 0.2) is 0 Å². The van der Waals surface area contributed by atoms with Gasteiger partial charge in [0.2, 0.25) is 5.91 Å². The number of carbonyl (C=O) groups is 1. The molecule has 14 heavy (non-hydrogen) atoms. The molecule has 2 atom stereocenters. The van der Waals surface area contributed by atoms with Gasteiger partial charge in [-0.15, -0.1) is 0 Å². The van der Waals surface area contributed by atoms with Crippen LogP contribution in [0.2, 0.25) is 0 Å². The molecule has 1 heterocycles. The predicted molar refractivity (Wildman–Crippen MR) is 51.8 cm³/mol. The van der Waals surface area contributed by atoms with Gasteiger partial charge in [0.05, 0.1) is 32.0 Å². The molecule has 0 saturated carbocycles. The Morgan fingerprint density at radius 2 is 2.43 bits per heavy atom. The monoisotopic (exact) mass is 202 g/mol. The van der Waals surface area contributed by atoms with Crippen molar-refractivity contribution in [2.75, 3.05) is 26.4 Å². The summed E-state index contributed by atoms with van der Waals surface area (Å²) in [5, 5.41) is 2.73. The van der Waals surface area contributed by atoms with Crippen molar-refractivity contribution in [3.8, 4) is 0 Å². The van der Waals surface area contributed by atoms with Crippen LogP contribution in [0.1, 0.15) is 13.3 Å². The fraction of sp³-hybridized carbons (Fsp3) is 0.889. The smallest absolute Gasteiger partial charge is 0.236 e. The zero-order chi connectivity index (χ0) is 10.4. The van der Waals surface area contributed by atoms with E-state index in [1.807, 2.05) is 6.92 Å². The maximum Gasteiger partial charge on any atom is 0.236 e. The van der Waals surface area contributed by atoms with Crippen LogP contribution in [-0.2, 0) is 14.3 Å². The van der Waals surface area contributed by atoms with E-state index in [1.54, 1.807) is 0 Å². The van der Waals surface area contributed by atoms with E-state index in [0.717, 1.165) is 0 Å². The summed E-state index contributed by atoms with van der Waals surface area (Å²) in [6.07, 6.45) is 0.616. The molecule has 1 fully saturated rings. The molecule has 0 bridgehead atoms. The third kappa shape index (κ3) is 3.61. The average molecular weight is 202 g/mol. The number of hydrogen-bond donors (Lipinski definition) is 2. The van der Waals surface area contributed by atoms with Crippen LogP contribution in [0, 0.1) is 0 Å². The lowest BCUT2D eigenvalue weighted by molar-refractivity contribution is -0.125. The molecule has 2 unspecified atom stereocenters. The van der Waals surface area contributed by atoms with Gasteiger partial charge in [-0.05, 0) is 6.42 Å². The number of ether oxygens (including phenoxy) is 2. The van der Waals surface area contributed by atoms with Gasteiger partial charge in [-0.3, -0.25) is 4.79 Å². The number of carbonyl (C=O) groups excluding carboxylic acids is 1. The van der Waals surface area contributed by atoms with Gasteiger partial charge in [-0.1, -0.05) is 6.92 Å². The molecule has 0 spiro atoms. The Labute approximate surface area is 83.9 Å². The highest BCUT2D eigenvalue weighted by Crippen LogP contribution is 1.99. The van der Waals surface area contributed by atoms with Crippen molar-refractivity contribution in [2.24, 2.45) is 5.73 Å². The molecule has 1 aliphatic rings. The van der Waals surface area contributed by atoms with E-state index >= 15 is 0 Å². The quantitative estimate of drug-likeness (QED) is 0.629. The lowest BCUT2D eigenvalue weighted by atomic mass is 10.2. The highest BCUT2D eigenvalue weighted by Gasteiger charge is 2.17. The normalized spacial score (nSPS) is 24.3. The molecule has 1 amide bonds. The zero-order valence-corrected chi connectivity index (χ0v) is 8.49. The average Bonchev–Trinajstić information content (AvgIpc) is 2.26. The van der Waals surface area contributed by atoms with E-state index in [9.17, 15) is 4.79 Å². The Bertz CT molecular complexity index is 181. The lowest BCUT2D eigenvalue weighted by Crippen LogP contribution is -2.45. The second-order valence-corrected chi connectivity index (χ2v) is 3.33. The van der Waals surface area contributed by atoms with E-state index in [1.165, 1.54) is 0 Å². The summed E-state index contributed by atoms with van der Waals surface area (Å²) in [7, 11) is 0. The SMILES string of the molecule is CCC(N)C(=O)NCC1COCCO1. The highest BCUT2D eigenvalue weighted by atomic mass is 16.6. The molecule has 1 aliphatic heterocycles. The Kier molecular flexibility index (Phi) is 4.86. The maximum atomic E-state index is 11.3. The molecular formula is C9H18N2O3. The first-order chi connectivity index (χ1) is 6.74. The number of nitrogens with two attached hydrogens (primary N) is 1. The lowest BCUT2D eigenvalue weighted by Gasteiger charge is -2.23. The fourth-order valence-corrected chi connectivity index (χ4v) is 1.19. The Morgan fingerprint density at radius 3 is 3.00 bits per heavy atom. The topological polar surface area (TPSA) is 73.6 Å². The van der Waals surface area contributed by atoms with Crippen LogP contribution >= 0.6 is 0 Å². The Morgan fingerprint density at radius 1 is 1.64 bits per heavy atom. The van der Waals surface area contributed by atoms with Crippen LogP contribution in [0.4, 0.5) is 0 Å². The van der Waals surface area contributed by atoms with Crippen LogP contribution < -0.4 is 11.1 Å². The summed E-state index contributed by atoms with van der Waals surface area (Å²) in [4.78, 5) is 11.3. The molecule has 5 nitrogen and oxygen atoms in total. The van der Waals surface area contributed by atoms with Crippen molar-refractivity contribution in [3.63, 3.8) is 0 Å². The molecule has 5 heteroatoms. The molecular weight excluding hydrogens is 184 g/mol. The second kappa shape index (κ2) is 5.95. The third-order valence-electron chi connectivity index (χ3n) is 2.17. The number of hydrogen-bond acceptors (Lipinski definition) is 4. The molecule has 0 aromatic carbocycles. The number of rotatable bonds is 4. The van der Waals surface area contributed by atoms with Gasteiger partial charge in [-0.2, -0.15) is 0 Å². The minimum atomic E-state index is -0.417. The molecule has 0 radical (unpaired) electrons. The van der Waals surface area contributed by atoms with E-state index < -0.39 is 6.04 Å².